The monoisotopic (exact) mass is 324 g/mol. The van der Waals surface area contributed by atoms with Crippen LogP contribution in [0.2, 0.25) is 4.34 Å². The first kappa shape index (κ1) is 14.7. The Morgan fingerprint density at radius 2 is 2.10 bits per heavy atom. The number of benzene rings is 1. The lowest BCUT2D eigenvalue weighted by Gasteiger charge is -2.27. The van der Waals surface area contributed by atoms with E-state index in [4.69, 9.17) is 26.8 Å². The van der Waals surface area contributed by atoms with Gasteiger partial charge >= 0.3 is 0 Å². The van der Waals surface area contributed by atoms with Gasteiger partial charge in [-0.1, -0.05) is 17.7 Å². The summed E-state index contributed by atoms with van der Waals surface area (Å²) in [6, 6.07) is 10.1. The van der Waals surface area contributed by atoms with E-state index >= 15 is 0 Å². The Hall–Kier alpha value is -1.27. The van der Waals surface area contributed by atoms with Crippen LogP contribution < -0.4 is 15.2 Å². The molecule has 2 heterocycles. The van der Waals surface area contributed by atoms with E-state index < -0.39 is 0 Å². The fraction of sp³-hybridized carbons (Fsp3) is 0.333. The smallest absolute Gasteiger partial charge is 0.231 e. The van der Waals surface area contributed by atoms with Gasteiger partial charge in [0.2, 0.25) is 6.79 Å². The number of fused-ring (bicyclic) bond motifs is 1. The summed E-state index contributed by atoms with van der Waals surface area (Å²) in [5.74, 6) is 1.58. The number of nitrogens with two attached hydrogens (primary N) is 1. The lowest BCUT2D eigenvalue weighted by Crippen LogP contribution is -2.29. The number of thiophene rings is 1. The fourth-order valence-electron chi connectivity index (χ4n) is 2.48. The van der Waals surface area contributed by atoms with Crippen LogP contribution in [0.5, 0.6) is 11.5 Å². The minimum atomic E-state index is 0.125. The van der Waals surface area contributed by atoms with Gasteiger partial charge in [-0.3, -0.25) is 4.90 Å². The maximum Gasteiger partial charge on any atom is 0.231 e. The fourth-order valence-corrected chi connectivity index (χ4v) is 3.63. The molecule has 0 bridgehead atoms. The second kappa shape index (κ2) is 6.23. The Balaban J connectivity index is 1.77. The SMILES string of the molecule is CN(Cc1ccc(Cl)s1)C(CN)c1ccc2c(c1)OCO2. The molecule has 3 rings (SSSR count). The third kappa shape index (κ3) is 3.16. The van der Waals surface area contributed by atoms with E-state index in [-0.39, 0.29) is 12.8 Å². The van der Waals surface area contributed by atoms with Gasteiger partial charge in [-0.25, -0.2) is 0 Å². The van der Waals surface area contributed by atoms with Crippen LogP contribution in [0.25, 0.3) is 0 Å². The standard InChI is InChI=1S/C15H17ClN2O2S/c1-18(8-11-3-5-15(16)21-11)12(7-17)10-2-4-13-14(6-10)20-9-19-13/h2-6,12H,7-9,17H2,1H3. The summed E-state index contributed by atoms with van der Waals surface area (Å²) in [5, 5.41) is 0. The van der Waals surface area contributed by atoms with Gasteiger partial charge in [0.1, 0.15) is 0 Å². The molecule has 0 aliphatic carbocycles. The van der Waals surface area contributed by atoms with E-state index in [2.05, 4.69) is 18.0 Å². The van der Waals surface area contributed by atoms with E-state index in [1.54, 1.807) is 11.3 Å². The molecule has 0 radical (unpaired) electrons. The molecule has 1 unspecified atom stereocenters. The lowest BCUT2D eigenvalue weighted by atomic mass is 10.0. The average molecular weight is 325 g/mol. The lowest BCUT2D eigenvalue weighted by molar-refractivity contribution is 0.173. The van der Waals surface area contributed by atoms with E-state index in [1.165, 1.54) is 4.88 Å². The molecule has 2 N–H and O–H groups in total. The topological polar surface area (TPSA) is 47.7 Å². The molecule has 0 spiro atoms. The predicted molar refractivity (Wildman–Crippen MR) is 85.2 cm³/mol. The van der Waals surface area contributed by atoms with Crippen LogP contribution in [-0.2, 0) is 6.54 Å². The van der Waals surface area contributed by atoms with Crippen molar-refractivity contribution in [2.75, 3.05) is 20.4 Å². The van der Waals surface area contributed by atoms with Crippen molar-refractivity contribution in [2.24, 2.45) is 5.73 Å². The number of nitrogens with zero attached hydrogens (tertiary/aromatic N) is 1. The van der Waals surface area contributed by atoms with Gasteiger partial charge in [-0.05, 0) is 36.9 Å². The molecule has 0 fully saturated rings. The molecule has 1 atom stereocenters. The highest BCUT2D eigenvalue weighted by molar-refractivity contribution is 7.16. The zero-order chi connectivity index (χ0) is 14.8. The van der Waals surface area contributed by atoms with Crippen molar-refractivity contribution >= 4 is 22.9 Å². The van der Waals surface area contributed by atoms with Crippen LogP contribution in [-0.4, -0.2) is 25.3 Å². The van der Waals surface area contributed by atoms with Gasteiger partial charge < -0.3 is 15.2 Å². The van der Waals surface area contributed by atoms with Gasteiger partial charge in [0.05, 0.1) is 4.34 Å². The quantitative estimate of drug-likeness (QED) is 0.917. The molecule has 4 nitrogen and oxygen atoms in total. The molecule has 1 aromatic heterocycles. The van der Waals surface area contributed by atoms with Gasteiger partial charge in [-0.2, -0.15) is 0 Å². The summed E-state index contributed by atoms with van der Waals surface area (Å²) in [4.78, 5) is 3.45. The second-order valence-corrected chi connectivity index (χ2v) is 6.78. The van der Waals surface area contributed by atoms with Crippen LogP contribution >= 0.6 is 22.9 Å². The molecule has 2 aromatic rings. The molecule has 21 heavy (non-hydrogen) atoms. The van der Waals surface area contributed by atoms with Gasteiger partial charge in [0.15, 0.2) is 11.5 Å². The molecule has 6 heteroatoms. The van der Waals surface area contributed by atoms with Crippen LogP contribution in [0, 0.1) is 0 Å². The average Bonchev–Trinajstić information content (AvgIpc) is 3.08. The first-order valence-corrected chi connectivity index (χ1v) is 7.91. The Labute approximate surface area is 133 Å². The number of halogens is 1. The molecule has 0 amide bonds. The van der Waals surface area contributed by atoms with Crippen LogP contribution in [0.4, 0.5) is 0 Å². The molecule has 0 saturated carbocycles. The highest BCUT2D eigenvalue weighted by atomic mass is 35.5. The van der Waals surface area contributed by atoms with E-state index in [1.807, 2.05) is 24.3 Å². The predicted octanol–water partition coefficient (Wildman–Crippen LogP) is 3.26. The van der Waals surface area contributed by atoms with Crippen molar-refractivity contribution in [1.82, 2.24) is 4.90 Å². The first-order valence-electron chi connectivity index (χ1n) is 6.71. The van der Waals surface area contributed by atoms with E-state index in [0.29, 0.717) is 6.54 Å². The van der Waals surface area contributed by atoms with Crippen molar-refractivity contribution in [3.63, 3.8) is 0 Å². The van der Waals surface area contributed by atoms with Gasteiger partial charge in [0, 0.05) is 24.0 Å². The summed E-state index contributed by atoms with van der Waals surface area (Å²) in [6.45, 7) is 1.64. The summed E-state index contributed by atoms with van der Waals surface area (Å²) in [7, 11) is 2.07. The minimum absolute atomic E-state index is 0.125. The van der Waals surface area contributed by atoms with Crippen LogP contribution in [0.3, 0.4) is 0 Å². The zero-order valence-electron chi connectivity index (χ0n) is 11.7. The number of hydrogen-bond donors (Lipinski definition) is 1. The summed E-state index contributed by atoms with van der Waals surface area (Å²) >= 11 is 7.58. The molecule has 1 aliphatic heterocycles. The maximum atomic E-state index is 5.98. The number of hydrogen-bond acceptors (Lipinski definition) is 5. The molecule has 1 aliphatic rings. The Morgan fingerprint density at radius 1 is 1.29 bits per heavy atom. The summed E-state index contributed by atoms with van der Waals surface area (Å²) in [6.07, 6.45) is 0. The maximum absolute atomic E-state index is 5.98. The summed E-state index contributed by atoms with van der Waals surface area (Å²) in [5.41, 5.74) is 7.10. The summed E-state index contributed by atoms with van der Waals surface area (Å²) < 4.78 is 11.6. The van der Waals surface area contributed by atoms with Crippen LogP contribution in [0.1, 0.15) is 16.5 Å². The Morgan fingerprint density at radius 3 is 2.81 bits per heavy atom. The van der Waals surface area contributed by atoms with Gasteiger partial charge in [-0.15, -0.1) is 11.3 Å². The van der Waals surface area contributed by atoms with Gasteiger partial charge in [0.25, 0.3) is 0 Å². The van der Waals surface area contributed by atoms with Crippen molar-refractivity contribution in [3.8, 4) is 11.5 Å². The van der Waals surface area contributed by atoms with Crippen molar-refractivity contribution in [3.05, 3.63) is 45.1 Å². The zero-order valence-corrected chi connectivity index (χ0v) is 13.3. The molecular formula is C15H17ClN2O2S. The molecule has 1 aromatic carbocycles. The van der Waals surface area contributed by atoms with E-state index in [0.717, 1.165) is 27.9 Å². The first-order chi connectivity index (χ1) is 10.2. The highest BCUT2D eigenvalue weighted by Gasteiger charge is 2.20. The number of ether oxygens (including phenoxy) is 2. The van der Waals surface area contributed by atoms with Crippen molar-refractivity contribution in [2.45, 2.75) is 12.6 Å². The largest absolute Gasteiger partial charge is 0.454 e. The third-order valence-electron chi connectivity index (χ3n) is 3.57. The minimum Gasteiger partial charge on any atom is -0.454 e. The second-order valence-electron chi connectivity index (χ2n) is 4.99. The van der Waals surface area contributed by atoms with E-state index in [9.17, 15) is 0 Å². The van der Waals surface area contributed by atoms with Crippen LogP contribution in [0.15, 0.2) is 30.3 Å². The van der Waals surface area contributed by atoms with Crippen molar-refractivity contribution < 1.29 is 9.47 Å². The normalized spacial score (nSPS) is 14.7. The number of rotatable bonds is 5. The van der Waals surface area contributed by atoms with Crippen molar-refractivity contribution in [1.29, 1.82) is 0 Å². The molecule has 112 valence electrons. The third-order valence-corrected chi connectivity index (χ3v) is 4.79. The molecular weight excluding hydrogens is 308 g/mol. The molecule has 0 saturated heterocycles. The number of likely N-dealkylation sites (N-methyl/N-ethyl adjacent to an activating group) is 1. The Bertz CT molecular complexity index is 632. The Kier molecular flexibility index (Phi) is 4.35. The highest BCUT2D eigenvalue weighted by Crippen LogP contribution is 2.35.